The topological polar surface area (TPSA) is 99.7 Å². The van der Waals surface area contributed by atoms with Crippen LogP contribution in [0.1, 0.15) is 36.3 Å². The van der Waals surface area contributed by atoms with Crippen molar-refractivity contribution in [1.29, 1.82) is 5.26 Å². The number of aromatic nitrogens is 4. The van der Waals surface area contributed by atoms with Gasteiger partial charge in [-0.1, -0.05) is 6.07 Å². The van der Waals surface area contributed by atoms with E-state index in [1.807, 2.05) is 22.8 Å². The van der Waals surface area contributed by atoms with Gasteiger partial charge >= 0.3 is 0 Å². The van der Waals surface area contributed by atoms with Crippen LogP contribution in [0.3, 0.4) is 0 Å². The van der Waals surface area contributed by atoms with E-state index < -0.39 is 0 Å². The molecule has 0 aliphatic heterocycles. The molecule has 1 fully saturated rings. The quantitative estimate of drug-likeness (QED) is 0.398. The van der Waals surface area contributed by atoms with Crippen molar-refractivity contribution in [3.63, 3.8) is 0 Å². The minimum atomic E-state index is 0. The zero-order valence-corrected chi connectivity index (χ0v) is 20.4. The second-order valence-corrected chi connectivity index (χ2v) is 8.79. The molecule has 0 bridgehead atoms. The number of halogens is 1. The van der Waals surface area contributed by atoms with Crippen LogP contribution in [0.4, 0.5) is 11.6 Å². The van der Waals surface area contributed by atoms with Crippen LogP contribution in [0.25, 0.3) is 22.3 Å². The van der Waals surface area contributed by atoms with E-state index in [1.165, 1.54) is 18.4 Å². The fourth-order valence-electron chi connectivity index (χ4n) is 3.96. The van der Waals surface area contributed by atoms with Gasteiger partial charge in [0, 0.05) is 38.8 Å². The fraction of sp³-hybridized carbons (Fsp3) is 0.269. The Morgan fingerprint density at radius 3 is 2.71 bits per heavy atom. The molecule has 0 saturated heterocycles. The highest BCUT2D eigenvalue weighted by atomic mass is 35.5. The Labute approximate surface area is 210 Å². The van der Waals surface area contributed by atoms with Gasteiger partial charge < -0.3 is 14.8 Å². The average Bonchev–Trinajstić information content (AvgIpc) is 3.62. The number of hydrogen-bond donors (Lipinski definition) is 1. The first-order valence-corrected chi connectivity index (χ1v) is 11.3. The van der Waals surface area contributed by atoms with E-state index in [0.29, 0.717) is 36.1 Å². The molecule has 4 aromatic rings. The van der Waals surface area contributed by atoms with Crippen LogP contribution in [0.15, 0.2) is 55.0 Å². The predicted molar refractivity (Wildman–Crippen MR) is 138 cm³/mol. The van der Waals surface area contributed by atoms with Crippen molar-refractivity contribution in [1.82, 2.24) is 24.4 Å². The summed E-state index contributed by atoms with van der Waals surface area (Å²) in [4.78, 5) is 27.3. The molecule has 5 rings (SSSR count). The second-order valence-electron chi connectivity index (χ2n) is 8.79. The Morgan fingerprint density at radius 2 is 1.97 bits per heavy atom. The van der Waals surface area contributed by atoms with Gasteiger partial charge in [0.1, 0.15) is 11.6 Å². The molecule has 1 aliphatic carbocycles. The number of aryl methyl sites for hydroxylation is 1. The van der Waals surface area contributed by atoms with Gasteiger partial charge in [0.2, 0.25) is 5.91 Å². The van der Waals surface area contributed by atoms with E-state index in [1.54, 1.807) is 43.7 Å². The lowest BCUT2D eigenvalue weighted by Crippen LogP contribution is -2.22. The number of fused-ring (bicyclic) bond motifs is 1. The van der Waals surface area contributed by atoms with Gasteiger partial charge in [-0.15, -0.1) is 12.4 Å². The highest BCUT2D eigenvalue weighted by Gasteiger charge is 2.25. The molecule has 3 aromatic heterocycles. The van der Waals surface area contributed by atoms with E-state index >= 15 is 0 Å². The molecule has 3 heterocycles. The summed E-state index contributed by atoms with van der Waals surface area (Å²) in [6.07, 6.45) is 6.19. The average molecular weight is 488 g/mol. The van der Waals surface area contributed by atoms with E-state index in [4.69, 9.17) is 4.98 Å². The first-order chi connectivity index (χ1) is 16.5. The van der Waals surface area contributed by atoms with Crippen LogP contribution >= 0.6 is 12.4 Å². The molecule has 0 atom stereocenters. The number of rotatable bonds is 7. The fourth-order valence-corrected chi connectivity index (χ4v) is 3.96. The van der Waals surface area contributed by atoms with Crippen LogP contribution in [0, 0.1) is 11.3 Å². The van der Waals surface area contributed by atoms with Crippen LogP contribution < -0.4 is 5.32 Å². The van der Waals surface area contributed by atoms with Crippen molar-refractivity contribution in [2.45, 2.75) is 31.7 Å². The van der Waals surface area contributed by atoms with Crippen molar-refractivity contribution in [3.8, 4) is 17.3 Å². The third kappa shape index (κ3) is 5.42. The number of hydrogen-bond acceptors (Lipinski definition) is 6. The normalized spacial score (nSPS) is 12.6. The van der Waals surface area contributed by atoms with Crippen LogP contribution in [0.2, 0.25) is 0 Å². The number of carbonyl (C=O) groups is 1. The maximum atomic E-state index is 12.0. The lowest BCUT2D eigenvalue weighted by molar-refractivity contribution is -0.128. The summed E-state index contributed by atoms with van der Waals surface area (Å²) in [6.45, 7) is 0.588. The molecule has 0 radical (unpaired) electrons. The summed E-state index contributed by atoms with van der Waals surface area (Å²) in [5.41, 5.74) is 5.49. The smallest absolute Gasteiger partial charge is 0.223 e. The maximum absolute atomic E-state index is 12.0. The number of nitrogens with one attached hydrogen (secondary N) is 1. The Bertz CT molecular complexity index is 1420. The number of imidazole rings is 1. The lowest BCUT2D eigenvalue weighted by Gasteiger charge is -2.12. The SMILES string of the molecule is CN(C)C(=O)CCn1cnc2cc(-c3cc(C4CC4)cc(Nc4cc(C#N)ccn4)n3)ccc21.Cl. The van der Waals surface area contributed by atoms with Crippen molar-refractivity contribution in [2.24, 2.45) is 0 Å². The number of anilines is 2. The van der Waals surface area contributed by atoms with Gasteiger partial charge in [0.25, 0.3) is 0 Å². The molecule has 8 nitrogen and oxygen atoms in total. The van der Waals surface area contributed by atoms with Crippen molar-refractivity contribution in [2.75, 3.05) is 19.4 Å². The van der Waals surface area contributed by atoms with Gasteiger partial charge in [-0.2, -0.15) is 5.26 Å². The third-order valence-corrected chi connectivity index (χ3v) is 6.02. The summed E-state index contributed by atoms with van der Waals surface area (Å²) < 4.78 is 2.01. The van der Waals surface area contributed by atoms with Gasteiger partial charge in [-0.3, -0.25) is 4.79 Å². The predicted octanol–water partition coefficient (Wildman–Crippen LogP) is 4.89. The molecular formula is C26H26ClN7O. The van der Waals surface area contributed by atoms with Gasteiger partial charge in [-0.25, -0.2) is 15.0 Å². The molecule has 35 heavy (non-hydrogen) atoms. The number of amides is 1. The minimum Gasteiger partial charge on any atom is -0.349 e. The number of carbonyl (C=O) groups excluding carboxylic acids is 1. The van der Waals surface area contributed by atoms with Gasteiger partial charge in [0.15, 0.2) is 0 Å². The molecule has 1 N–H and O–H groups in total. The number of nitriles is 1. The standard InChI is InChI=1S/C26H25N7O.ClH/c1-32(2)26(34)8-10-33-16-29-22-12-19(5-6-23(22)33)21-13-20(18-3-4-18)14-25(30-21)31-24-11-17(15-27)7-9-28-24;/h5-7,9,11-14,16,18H,3-4,8,10H2,1-2H3,(H,28,30,31);1H. The summed E-state index contributed by atoms with van der Waals surface area (Å²) in [6, 6.07) is 15.9. The Morgan fingerprint density at radius 1 is 1.14 bits per heavy atom. The van der Waals surface area contributed by atoms with Crippen LogP contribution in [-0.4, -0.2) is 44.4 Å². The largest absolute Gasteiger partial charge is 0.349 e. The molecule has 0 unspecified atom stereocenters. The van der Waals surface area contributed by atoms with Crippen molar-refractivity contribution in [3.05, 3.63) is 66.1 Å². The Kier molecular flexibility index (Phi) is 6.99. The van der Waals surface area contributed by atoms with Gasteiger partial charge in [0.05, 0.1) is 34.7 Å². The molecule has 9 heteroatoms. The summed E-state index contributed by atoms with van der Waals surface area (Å²) in [7, 11) is 3.53. The van der Waals surface area contributed by atoms with Crippen LogP contribution in [0.5, 0.6) is 0 Å². The van der Waals surface area contributed by atoms with E-state index in [-0.39, 0.29) is 18.3 Å². The van der Waals surface area contributed by atoms with E-state index in [9.17, 15) is 10.1 Å². The monoisotopic (exact) mass is 487 g/mol. The highest BCUT2D eigenvalue weighted by Crippen LogP contribution is 2.42. The number of pyridine rings is 2. The highest BCUT2D eigenvalue weighted by molar-refractivity contribution is 5.85. The summed E-state index contributed by atoms with van der Waals surface area (Å²) in [5, 5.41) is 12.4. The number of nitrogens with zero attached hydrogens (tertiary/aromatic N) is 6. The van der Waals surface area contributed by atoms with E-state index in [2.05, 4.69) is 33.5 Å². The number of benzene rings is 1. The first-order valence-electron chi connectivity index (χ1n) is 11.3. The van der Waals surface area contributed by atoms with Crippen LogP contribution in [-0.2, 0) is 11.3 Å². The summed E-state index contributed by atoms with van der Waals surface area (Å²) >= 11 is 0. The molecule has 1 saturated carbocycles. The third-order valence-electron chi connectivity index (χ3n) is 6.02. The van der Waals surface area contributed by atoms with Crippen molar-refractivity contribution < 1.29 is 4.79 Å². The molecule has 1 amide bonds. The zero-order valence-electron chi connectivity index (χ0n) is 19.6. The van der Waals surface area contributed by atoms with Gasteiger partial charge in [-0.05, 0) is 60.7 Å². The molecular weight excluding hydrogens is 462 g/mol. The lowest BCUT2D eigenvalue weighted by atomic mass is 10.1. The molecule has 1 aromatic carbocycles. The first kappa shape index (κ1) is 24.2. The second kappa shape index (κ2) is 10.1. The van der Waals surface area contributed by atoms with Crippen molar-refractivity contribution >= 4 is 41.0 Å². The zero-order chi connectivity index (χ0) is 23.7. The Hall–Kier alpha value is -3.96. The Balaban J connectivity index is 0.00000289. The molecule has 178 valence electrons. The van der Waals surface area contributed by atoms with E-state index in [0.717, 1.165) is 22.3 Å². The molecule has 0 spiro atoms. The minimum absolute atomic E-state index is 0. The molecule has 1 aliphatic rings. The summed E-state index contributed by atoms with van der Waals surface area (Å²) in [5.74, 6) is 1.94. The maximum Gasteiger partial charge on any atom is 0.223 e.